The minimum absolute atomic E-state index is 0. The molecule has 0 aromatic heterocycles. The predicted molar refractivity (Wildman–Crippen MR) is 96.4 cm³/mol. The summed E-state index contributed by atoms with van der Waals surface area (Å²) in [5.74, 6) is 0.538. The van der Waals surface area contributed by atoms with Crippen LogP contribution in [0.4, 0.5) is 4.39 Å². The maximum Gasteiger partial charge on any atom is 0.220 e. The molecule has 1 unspecified atom stereocenters. The van der Waals surface area contributed by atoms with E-state index in [0.717, 1.165) is 37.7 Å². The van der Waals surface area contributed by atoms with Gasteiger partial charge in [-0.3, -0.25) is 4.79 Å². The van der Waals surface area contributed by atoms with Crippen molar-refractivity contribution in [3.8, 4) is 0 Å². The average Bonchev–Trinajstić information content (AvgIpc) is 3.17. The molecule has 0 saturated heterocycles. The van der Waals surface area contributed by atoms with Crippen molar-refractivity contribution in [2.75, 3.05) is 0 Å². The lowest BCUT2D eigenvalue weighted by molar-refractivity contribution is -0.123. The largest absolute Gasteiger partial charge is 0.349 e. The fourth-order valence-corrected chi connectivity index (χ4v) is 4.25. The second kappa shape index (κ2) is 8.82. The molecule has 0 aliphatic heterocycles. The van der Waals surface area contributed by atoms with Crippen molar-refractivity contribution in [1.29, 1.82) is 0 Å². The third-order valence-corrected chi connectivity index (χ3v) is 5.56. The summed E-state index contributed by atoms with van der Waals surface area (Å²) in [6, 6.07) is 6.75. The number of hydrogen-bond acceptors (Lipinski definition) is 2. The van der Waals surface area contributed by atoms with E-state index in [1.807, 2.05) is 6.07 Å². The lowest BCUT2D eigenvalue weighted by Crippen LogP contribution is -2.36. The van der Waals surface area contributed by atoms with Gasteiger partial charge in [0.15, 0.2) is 0 Å². The van der Waals surface area contributed by atoms with Gasteiger partial charge in [0.1, 0.15) is 5.82 Å². The molecule has 3 atom stereocenters. The van der Waals surface area contributed by atoms with E-state index in [0.29, 0.717) is 18.3 Å². The molecule has 1 aromatic carbocycles. The molecule has 0 radical (unpaired) electrons. The summed E-state index contributed by atoms with van der Waals surface area (Å²) >= 11 is 0. The van der Waals surface area contributed by atoms with Gasteiger partial charge >= 0.3 is 0 Å². The molecule has 2 aliphatic carbocycles. The van der Waals surface area contributed by atoms with Crippen LogP contribution in [0.25, 0.3) is 0 Å². The van der Waals surface area contributed by atoms with Crippen molar-refractivity contribution in [3.05, 3.63) is 35.6 Å². The topological polar surface area (TPSA) is 55.1 Å². The summed E-state index contributed by atoms with van der Waals surface area (Å²) in [6.07, 6.45) is 8.28. The van der Waals surface area contributed by atoms with Crippen molar-refractivity contribution < 1.29 is 9.18 Å². The highest BCUT2D eigenvalue weighted by molar-refractivity contribution is 5.85. The van der Waals surface area contributed by atoms with E-state index < -0.39 is 0 Å². The summed E-state index contributed by atoms with van der Waals surface area (Å²) in [5, 5.41) is 3.19. The Morgan fingerprint density at radius 3 is 2.58 bits per heavy atom. The number of amides is 1. The Bertz CT molecular complexity index is 548. The number of carbonyl (C=O) groups excluding carboxylic acids is 1. The van der Waals surface area contributed by atoms with Crippen LogP contribution in [-0.2, 0) is 4.79 Å². The molecule has 3 nitrogen and oxygen atoms in total. The van der Waals surface area contributed by atoms with E-state index >= 15 is 0 Å². The molecular formula is C19H28ClFN2O. The van der Waals surface area contributed by atoms with E-state index in [1.165, 1.54) is 18.9 Å². The van der Waals surface area contributed by atoms with Gasteiger partial charge in [-0.05, 0) is 55.2 Å². The molecule has 1 aromatic rings. The summed E-state index contributed by atoms with van der Waals surface area (Å²) in [5.41, 5.74) is 6.97. The van der Waals surface area contributed by atoms with Gasteiger partial charge in [-0.1, -0.05) is 31.4 Å². The maximum atomic E-state index is 13.6. The van der Waals surface area contributed by atoms with Crippen LogP contribution in [0.15, 0.2) is 24.3 Å². The molecule has 1 amide bonds. The molecule has 134 valence electrons. The lowest BCUT2D eigenvalue weighted by atomic mass is 9.90. The van der Waals surface area contributed by atoms with Crippen molar-refractivity contribution in [2.24, 2.45) is 17.6 Å². The molecule has 0 bridgehead atoms. The first-order valence-corrected chi connectivity index (χ1v) is 8.94. The van der Waals surface area contributed by atoms with Gasteiger partial charge in [-0.15, -0.1) is 12.4 Å². The van der Waals surface area contributed by atoms with E-state index in [1.54, 1.807) is 12.1 Å². The first kappa shape index (κ1) is 19.2. The number of benzene rings is 1. The minimum atomic E-state index is -0.238. The Labute approximate surface area is 150 Å². The van der Waals surface area contributed by atoms with Crippen LogP contribution in [0.1, 0.15) is 63.0 Å². The second-order valence-corrected chi connectivity index (χ2v) is 7.20. The molecular weight excluding hydrogens is 327 g/mol. The number of nitrogens with one attached hydrogen (secondary N) is 1. The highest BCUT2D eigenvalue weighted by Gasteiger charge is 2.30. The molecule has 2 fully saturated rings. The fourth-order valence-electron chi connectivity index (χ4n) is 4.25. The van der Waals surface area contributed by atoms with E-state index in [4.69, 9.17) is 5.73 Å². The summed E-state index contributed by atoms with van der Waals surface area (Å²) in [7, 11) is 0. The van der Waals surface area contributed by atoms with Gasteiger partial charge in [0.2, 0.25) is 5.91 Å². The van der Waals surface area contributed by atoms with Gasteiger partial charge in [0.05, 0.1) is 6.04 Å². The van der Waals surface area contributed by atoms with Gasteiger partial charge in [0.25, 0.3) is 0 Å². The SMILES string of the molecule is Cl.N[C@@H]1CCC[C@H]1CC(=O)NC(c1cccc(F)c1)C1CCCC1. The van der Waals surface area contributed by atoms with Crippen LogP contribution in [0.2, 0.25) is 0 Å². The minimum Gasteiger partial charge on any atom is -0.349 e. The van der Waals surface area contributed by atoms with Gasteiger partial charge in [-0.25, -0.2) is 4.39 Å². The first-order chi connectivity index (χ1) is 11.1. The third-order valence-electron chi connectivity index (χ3n) is 5.56. The summed E-state index contributed by atoms with van der Waals surface area (Å²) < 4.78 is 13.6. The van der Waals surface area contributed by atoms with Crippen molar-refractivity contribution >= 4 is 18.3 Å². The molecule has 3 rings (SSSR count). The molecule has 2 saturated carbocycles. The zero-order valence-corrected chi connectivity index (χ0v) is 14.9. The third kappa shape index (κ3) is 4.70. The second-order valence-electron chi connectivity index (χ2n) is 7.20. The van der Waals surface area contributed by atoms with Crippen LogP contribution >= 0.6 is 12.4 Å². The van der Waals surface area contributed by atoms with Crippen LogP contribution in [0.3, 0.4) is 0 Å². The van der Waals surface area contributed by atoms with Crippen molar-refractivity contribution in [2.45, 2.75) is 63.5 Å². The quantitative estimate of drug-likeness (QED) is 0.835. The summed E-state index contributed by atoms with van der Waals surface area (Å²) in [4.78, 5) is 12.5. The van der Waals surface area contributed by atoms with Crippen LogP contribution in [0, 0.1) is 17.7 Å². The fraction of sp³-hybridized carbons (Fsp3) is 0.632. The number of halogens is 2. The summed E-state index contributed by atoms with van der Waals surface area (Å²) in [6.45, 7) is 0. The Morgan fingerprint density at radius 1 is 1.21 bits per heavy atom. The standard InChI is InChI=1S/C19H27FN2O.ClH/c20-16-9-3-8-15(11-16)19(13-5-1-2-6-13)22-18(23)12-14-7-4-10-17(14)21;/h3,8-9,11,13-14,17,19H,1-2,4-7,10,12,21H2,(H,22,23);1H/t14-,17+,19?;/m0./s1. The van der Waals surface area contributed by atoms with Gasteiger partial charge in [0, 0.05) is 12.5 Å². The van der Waals surface area contributed by atoms with Gasteiger partial charge < -0.3 is 11.1 Å². The molecule has 3 N–H and O–H groups in total. The Balaban J connectivity index is 0.00000208. The zero-order chi connectivity index (χ0) is 16.2. The molecule has 0 spiro atoms. The number of carbonyl (C=O) groups is 1. The monoisotopic (exact) mass is 354 g/mol. The first-order valence-electron chi connectivity index (χ1n) is 8.94. The number of nitrogens with two attached hydrogens (primary N) is 1. The van der Waals surface area contributed by atoms with Crippen LogP contribution in [0.5, 0.6) is 0 Å². The van der Waals surface area contributed by atoms with E-state index in [9.17, 15) is 9.18 Å². The number of rotatable bonds is 5. The lowest BCUT2D eigenvalue weighted by Gasteiger charge is -2.26. The Morgan fingerprint density at radius 2 is 1.96 bits per heavy atom. The normalized spacial score (nSPS) is 25.2. The Hall–Kier alpha value is -1.13. The van der Waals surface area contributed by atoms with E-state index in [-0.39, 0.29) is 36.2 Å². The van der Waals surface area contributed by atoms with Crippen LogP contribution < -0.4 is 11.1 Å². The smallest absolute Gasteiger partial charge is 0.220 e. The number of hydrogen-bond donors (Lipinski definition) is 2. The van der Waals surface area contributed by atoms with Crippen molar-refractivity contribution in [3.63, 3.8) is 0 Å². The Kier molecular flexibility index (Phi) is 7.05. The highest BCUT2D eigenvalue weighted by atomic mass is 35.5. The predicted octanol–water partition coefficient (Wildman–Crippen LogP) is 4.11. The molecule has 2 aliphatic rings. The van der Waals surface area contributed by atoms with Gasteiger partial charge in [-0.2, -0.15) is 0 Å². The maximum absolute atomic E-state index is 13.6. The molecule has 0 heterocycles. The zero-order valence-electron chi connectivity index (χ0n) is 14.0. The average molecular weight is 355 g/mol. The highest BCUT2D eigenvalue weighted by Crippen LogP contribution is 2.36. The van der Waals surface area contributed by atoms with Crippen LogP contribution in [-0.4, -0.2) is 11.9 Å². The van der Waals surface area contributed by atoms with E-state index in [2.05, 4.69) is 5.32 Å². The van der Waals surface area contributed by atoms with Crippen molar-refractivity contribution in [1.82, 2.24) is 5.32 Å². The molecule has 24 heavy (non-hydrogen) atoms. The molecule has 5 heteroatoms.